The number of hydrogen-bond acceptors (Lipinski definition) is 8. The van der Waals surface area contributed by atoms with Gasteiger partial charge in [0.05, 0.1) is 24.1 Å². The summed E-state index contributed by atoms with van der Waals surface area (Å²) in [6, 6.07) is 0. The predicted octanol–water partition coefficient (Wildman–Crippen LogP) is -1.51. The maximum atomic E-state index is 10.6. The Morgan fingerprint density at radius 2 is 0.957 bits per heavy atom. The predicted molar refractivity (Wildman–Crippen MR) is 70.8 cm³/mol. The van der Waals surface area contributed by atoms with E-state index in [1.165, 1.54) is 0 Å². The number of carbonyl (C=O) groups excluding carboxylic acids is 4. The minimum Gasteiger partial charge on any atom is -0.545 e. The zero-order valence-corrected chi connectivity index (χ0v) is 16.4. The Bertz CT molecular complexity index is 410. The van der Waals surface area contributed by atoms with Crippen LogP contribution in [0.1, 0.15) is 27.7 Å². The van der Waals surface area contributed by atoms with Crippen molar-refractivity contribution in [2.75, 3.05) is 0 Å². The molecule has 0 aliphatic heterocycles. The largest absolute Gasteiger partial charge is 2.00 e. The van der Waals surface area contributed by atoms with Crippen LogP contribution in [0.5, 0.6) is 0 Å². The minimum atomic E-state index is -1.41. The number of ether oxygens (including phenoxy) is 2. The molecule has 0 bridgehead atoms. The van der Waals surface area contributed by atoms with E-state index >= 15 is 0 Å². The van der Waals surface area contributed by atoms with E-state index in [1.54, 1.807) is 27.7 Å². The van der Waals surface area contributed by atoms with E-state index in [1.807, 2.05) is 0 Å². The van der Waals surface area contributed by atoms with E-state index in [4.69, 9.17) is 0 Å². The van der Waals surface area contributed by atoms with Crippen LogP contribution in [0.2, 0.25) is 0 Å². The van der Waals surface area contributed by atoms with Crippen LogP contribution in [0.15, 0.2) is 24.3 Å². The summed E-state index contributed by atoms with van der Waals surface area (Å²) >= 11 is 0. The first-order valence-electron chi connectivity index (χ1n) is 6.24. The van der Waals surface area contributed by atoms with Gasteiger partial charge in [0.1, 0.15) is 0 Å². The topological polar surface area (TPSA) is 133 Å². The molecule has 9 heteroatoms. The van der Waals surface area contributed by atoms with Crippen molar-refractivity contribution in [3.8, 4) is 0 Å². The number of aliphatic carboxylic acids is 2. The van der Waals surface area contributed by atoms with Gasteiger partial charge < -0.3 is 29.3 Å². The molecule has 23 heavy (non-hydrogen) atoms. The molecule has 0 saturated heterocycles. The van der Waals surface area contributed by atoms with Gasteiger partial charge in [0.15, 0.2) is 0 Å². The fraction of sp³-hybridized carbons (Fsp3) is 0.429. The third-order valence-corrected chi connectivity index (χ3v) is 1.41. The maximum absolute atomic E-state index is 10.6. The number of hydrogen-bond donors (Lipinski definition) is 0. The Balaban J connectivity index is -0.000000333. The summed E-state index contributed by atoms with van der Waals surface area (Å²) in [4.78, 5) is 40.7. The van der Waals surface area contributed by atoms with Crippen LogP contribution in [0.25, 0.3) is 0 Å². The summed E-state index contributed by atoms with van der Waals surface area (Å²) in [5.41, 5.74) is 0. The molecule has 0 aromatic rings. The van der Waals surface area contributed by atoms with Gasteiger partial charge in [0.2, 0.25) is 0 Å². The monoisotopic (exact) mass is 378 g/mol. The normalized spacial score (nSPS) is 10.0. The molecule has 0 aromatic heterocycles. The van der Waals surface area contributed by atoms with Crippen molar-refractivity contribution in [1.82, 2.24) is 0 Å². The molecule has 0 spiro atoms. The van der Waals surface area contributed by atoms with E-state index in [2.05, 4.69) is 9.47 Å². The van der Waals surface area contributed by atoms with E-state index < -0.39 is 23.9 Å². The summed E-state index contributed by atoms with van der Waals surface area (Å²) in [6.45, 7) is 6.69. The van der Waals surface area contributed by atoms with Crippen LogP contribution >= 0.6 is 0 Å². The molecule has 8 nitrogen and oxygen atoms in total. The van der Waals surface area contributed by atoms with Gasteiger partial charge in [-0.2, -0.15) is 0 Å². The van der Waals surface area contributed by atoms with Crippen LogP contribution in [0.3, 0.4) is 0 Å². The van der Waals surface area contributed by atoms with Crippen molar-refractivity contribution in [3.63, 3.8) is 0 Å². The van der Waals surface area contributed by atoms with Gasteiger partial charge in [-0.3, -0.25) is 0 Å². The molecule has 124 valence electrons. The molecule has 0 saturated carbocycles. The fourth-order valence-electron chi connectivity index (χ4n) is 0.815. The van der Waals surface area contributed by atoms with Crippen molar-refractivity contribution in [1.29, 1.82) is 0 Å². The summed E-state index contributed by atoms with van der Waals surface area (Å²) in [5, 5.41) is 19.6. The Morgan fingerprint density at radius 3 is 1.13 bits per heavy atom. The second-order valence-corrected chi connectivity index (χ2v) is 4.28. The summed E-state index contributed by atoms with van der Waals surface area (Å²) in [6.07, 6.45) is 2.41. The molecule has 0 radical (unpaired) electrons. The summed E-state index contributed by atoms with van der Waals surface area (Å²) in [7, 11) is 0. The van der Waals surface area contributed by atoms with Gasteiger partial charge in [-0.1, -0.05) is 0 Å². The average molecular weight is 380 g/mol. The van der Waals surface area contributed by atoms with Gasteiger partial charge in [0, 0.05) is 12.2 Å². The van der Waals surface area contributed by atoms with Crippen molar-refractivity contribution < 1.29 is 58.3 Å². The SMILES string of the molecule is CC(C)OC(=O)/C=C/C(=O)[O-].CC(C)OC(=O)/C=C/C(=O)[O-].[Zn+2]. The van der Waals surface area contributed by atoms with Crippen molar-refractivity contribution in [3.05, 3.63) is 24.3 Å². The Labute approximate surface area is 146 Å². The van der Waals surface area contributed by atoms with Gasteiger partial charge >= 0.3 is 31.4 Å². The molecule has 0 aliphatic rings. The van der Waals surface area contributed by atoms with Crippen LogP contribution < -0.4 is 10.2 Å². The second-order valence-electron chi connectivity index (χ2n) is 4.28. The second kappa shape index (κ2) is 14.9. The average Bonchev–Trinajstić information content (AvgIpc) is 2.33. The Hall–Kier alpha value is -2.02. The maximum Gasteiger partial charge on any atom is 2.00 e. The quantitative estimate of drug-likeness (QED) is 0.309. The summed E-state index contributed by atoms with van der Waals surface area (Å²) < 4.78 is 9.17. The molecule has 0 rings (SSSR count). The first kappa shape index (κ1) is 25.9. The number of esters is 2. The van der Waals surface area contributed by atoms with Crippen LogP contribution in [0.4, 0.5) is 0 Å². The smallest absolute Gasteiger partial charge is 0.545 e. The zero-order chi connectivity index (χ0) is 17.7. The van der Waals surface area contributed by atoms with Gasteiger partial charge in [-0.25, -0.2) is 9.59 Å². The number of carboxylic acid groups (broad SMARTS) is 2. The van der Waals surface area contributed by atoms with E-state index in [-0.39, 0.29) is 31.7 Å². The van der Waals surface area contributed by atoms with Crippen molar-refractivity contribution in [2.45, 2.75) is 39.9 Å². The van der Waals surface area contributed by atoms with Gasteiger partial charge in [-0.05, 0) is 39.8 Å². The summed E-state index contributed by atoms with van der Waals surface area (Å²) in [5.74, 6) is -4.18. The van der Waals surface area contributed by atoms with Crippen molar-refractivity contribution in [2.24, 2.45) is 0 Å². The molecule has 0 amide bonds. The molecule has 0 fully saturated rings. The fourth-order valence-corrected chi connectivity index (χ4v) is 0.815. The molecule has 0 heterocycles. The number of rotatable bonds is 6. The molecular weight excluding hydrogens is 362 g/mol. The molecule has 0 aromatic carbocycles. The molecule has 0 N–H and O–H groups in total. The third kappa shape index (κ3) is 25.3. The molecule has 0 unspecified atom stereocenters. The van der Waals surface area contributed by atoms with Crippen molar-refractivity contribution >= 4 is 23.9 Å². The molecular formula is C14H18O8Zn. The van der Waals surface area contributed by atoms with E-state index in [0.717, 1.165) is 12.2 Å². The first-order valence-corrected chi connectivity index (χ1v) is 6.24. The zero-order valence-electron chi connectivity index (χ0n) is 13.4. The van der Waals surface area contributed by atoms with Gasteiger partial charge in [0.25, 0.3) is 0 Å². The Morgan fingerprint density at radius 1 is 0.696 bits per heavy atom. The van der Waals surface area contributed by atoms with Crippen LogP contribution in [-0.2, 0) is 48.1 Å². The first-order chi connectivity index (χ1) is 10.0. The van der Waals surface area contributed by atoms with Gasteiger partial charge in [-0.15, -0.1) is 0 Å². The molecule has 0 atom stereocenters. The van der Waals surface area contributed by atoms with Crippen LogP contribution in [0, 0.1) is 0 Å². The number of carbonyl (C=O) groups is 4. The van der Waals surface area contributed by atoms with Crippen LogP contribution in [-0.4, -0.2) is 36.1 Å². The molecule has 0 aliphatic carbocycles. The number of carboxylic acids is 2. The minimum absolute atomic E-state index is 0. The van der Waals surface area contributed by atoms with E-state index in [0.29, 0.717) is 12.2 Å². The third-order valence-electron chi connectivity index (χ3n) is 1.41. The standard InChI is InChI=1S/2C7H10O4.Zn/c2*1-5(2)11-7(10)4-3-6(8)9;/h2*3-5H,1-2H3,(H,8,9);/q;;+2/p-2/b2*4-3+;. The van der Waals surface area contributed by atoms with E-state index in [9.17, 15) is 29.4 Å². The Kier molecular flexibility index (Phi) is 16.8.